The van der Waals surface area contributed by atoms with Crippen LogP contribution in [0.3, 0.4) is 0 Å². The molecule has 40 heavy (non-hydrogen) atoms. The van der Waals surface area contributed by atoms with Gasteiger partial charge < -0.3 is 19.9 Å². The maximum Gasteiger partial charge on any atom is 0.426 e. The minimum absolute atomic E-state index is 0.00985. The fourth-order valence-corrected chi connectivity index (χ4v) is 5.09. The quantitative estimate of drug-likeness (QED) is 0.118. The van der Waals surface area contributed by atoms with E-state index in [1.807, 2.05) is 0 Å². The first-order valence-corrected chi connectivity index (χ1v) is 14.5. The Morgan fingerprint density at radius 3 is 2.48 bits per heavy atom. The summed E-state index contributed by atoms with van der Waals surface area (Å²) in [5.74, 6) is -0.670. The van der Waals surface area contributed by atoms with Crippen molar-refractivity contribution in [3.63, 3.8) is 0 Å². The van der Waals surface area contributed by atoms with Crippen molar-refractivity contribution < 1.29 is 33.9 Å². The number of aromatic nitrogens is 1. The molecule has 13 nitrogen and oxygen atoms in total. The Morgan fingerprint density at radius 1 is 1.12 bits per heavy atom. The minimum atomic E-state index is -0.873. The molecular weight excluding hydrogens is 562 g/mol. The lowest BCUT2D eigenvalue weighted by Gasteiger charge is -2.25. The third-order valence-corrected chi connectivity index (χ3v) is 7.25. The van der Waals surface area contributed by atoms with Crippen LogP contribution < -0.4 is 16.2 Å². The molecule has 15 heteroatoms. The molecule has 2 aromatic rings. The molecule has 0 saturated heterocycles. The van der Waals surface area contributed by atoms with Gasteiger partial charge in [0.1, 0.15) is 18.0 Å². The van der Waals surface area contributed by atoms with Gasteiger partial charge in [0.05, 0.1) is 4.92 Å². The van der Waals surface area contributed by atoms with E-state index in [0.717, 1.165) is 16.4 Å². The van der Waals surface area contributed by atoms with Crippen LogP contribution in [0.1, 0.15) is 39.7 Å². The molecule has 0 aliphatic rings. The van der Waals surface area contributed by atoms with Gasteiger partial charge in [-0.05, 0) is 68.2 Å². The summed E-state index contributed by atoms with van der Waals surface area (Å²) in [5.41, 5.74) is 4.50. The molecule has 0 radical (unpaired) electrons. The van der Waals surface area contributed by atoms with E-state index in [2.05, 4.69) is 21.2 Å². The first kappa shape index (κ1) is 32.5. The molecule has 2 atom stereocenters. The molecule has 1 aromatic heterocycles. The van der Waals surface area contributed by atoms with Gasteiger partial charge in [0.25, 0.3) is 0 Å². The molecule has 218 valence electrons. The number of nitrogens with one attached hydrogen (secondary N) is 3. The number of nitrogens with zero attached hydrogens (tertiary/aromatic N) is 2. The summed E-state index contributed by atoms with van der Waals surface area (Å²) in [6.07, 6.45) is 0.564. The fourth-order valence-electron chi connectivity index (χ4n) is 3.24. The molecule has 0 spiro atoms. The zero-order valence-corrected chi connectivity index (χ0v) is 24.2. The van der Waals surface area contributed by atoms with Gasteiger partial charge in [0.15, 0.2) is 5.03 Å². The number of phenols is 1. The number of pyridine rings is 1. The molecule has 1 unspecified atom stereocenters. The first-order valence-electron chi connectivity index (χ1n) is 12.2. The average molecular weight is 596 g/mol. The van der Waals surface area contributed by atoms with Gasteiger partial charge >= 0.3 is 17.9 Å². The van der Waals surface area contributed by atoms with Crippen molar-refractivity contribution in [3.8, 4) is 5.75 Å². The number of hydrogen-bond donors (Lipinski definition) is 4. The van der Waals surface area contributed by atoms with E-state index >= 15 is 0 Å². The number of hydrogen-bond acceptors (Lipinski definition) is 11. The summed E-state index contributed by atoms with van der Waals surface area (Å²) in [4.78, 5) is 51.4. The lowest BCUT2D eigenvalue weighted by Crippen LogP contribution is -2.47. The van der Waals surface area contributed by atoms with E-state index in [0.29, 0.717) is 12.2 Å². The number of phenolic OH excluding ortho intramolecular Hbond substituents is 1. The van der Waals surface area contributed by atoms with Gasteiger partial charge in [-0.1, -0.05) is 29.9 Å². The number of alkyl carbamates (subject to hydrolysis) is 1. The molecule has 4 N–H and O–H groups in total. The van der Waals surface area contributed by atoms with Crippen molar-refractivity contribution in [2.24, 2.45) is 5.92 Å². The Hall–Kier alpha value is -3.72. The topological polar surface area (TPSA) is 182 Å². The van der Waals surface area contributed by atoms with E-state index < -0.39 is 40.6 Å². The third kappa shape index (κ3) is 12.4. The number of carbonyl (C=O) groups is 3. The molecule has 0 aliphatic heterocycles. The number of hydrazine groups is 1. The van der Waals surface area contributed by atoms with Gasteiger partial charge in [-0.25, -0.2) is 20.0 Å². The van der Waals surface area contributed by atoms with Crippen molar-refractivity contribution >= 4 is 45.4 Å². The van der Waals surface area contributed by atoms with Gasteiger partial charge in [-0.3, -0.25) is 20.3 Å². The summed E-state index contributed by atoms with van der Waals surface area (Å²) in [7, 11) is 2.32. The zero-order valence-electron chi connectivity index (χ0n) is 22.5. The van der Waals surface area contributed by atoms with Crippen LogP contribution in [0.2, 0.25) is 0 Å². The lowest BCUT2D eigenvalue weighted by atomic mass is 9.95. The highest BCUT2D eigenvalue weighted by Crippen LogP contribution is 2.35. The minimum Gasteiger partial charge on any atom is -0.508 e. The molecule has 0 saturated carbocycles. The van der Waals surface area contributed by atoms with E-state index in [4.69, 9.17) is 9.47 Å². The largest absolute Gasteiger partial charge is 0.508 e. The number of carbonyl (C=O) groups excluding carboxylic acids is 3. The van der Waals surface area contributed by atoms with Gasteiger partial charge in [0.2, 0.25) is 5.91 Å². The van der Waals surface area contributed by atoms with Crippen LogP contribution in [0, 0.1) is 16.0 Å². The van der Waals surface area contributed by atoms with Crippen molar-refractivity contribution in [1.29, 1.82) is 0 Å². The zero-order chi connectivity index (χ0) is 29.7. The number of aromatic hydroxyl groups is 1. The Bertz CT molecular complexity index is 1160. The van der Waals surface area contributed by atoms with E-state index in [9.17, 15) is 29.6 Å². The Kier molecular flexibility index (Phi) is 12.8. The number of amides is 3. The highest BCUT2D eigenvalue weighted by Gasteiger charge is 2.24. The summed E-state index contributed by atoms with van der Waals surface area (Å²) in [6.45, 7) is 6.86. The van der Waals surface area contributed by atoms with Crippen molar-refractivity contribution in [2.45, 2.75) is 57.2 Å². The first-order chi connectivity index (χ1) is 18.8. The highest BCUT2D eigenvalue weighted by atomic mass is 33.1. The molecule has 1 heterocycles. The predicted molar refractivity (Wildman–Crippen MR) is 151 cm³/mol. The van der Waals surface area contributed by atoms with Crippen LogP contribution in [-0.4, -0.2) is 57.1 Å². The highest BCUT2D eigenvalue weighted by molar-refractivity contribution is 8.76. The summed E-state index contributed by atoms with van der Waals surface area (Å²) in [5, 5.41) is 23.6. The van der Waals surface area contributed by atoms with Crippen LogP contribution >= 0.6 is 21.6 Å². The second-order valence-corrected chi connectivity index (χ2v) is 12.0. The van der Waals surface area contributed by atoms with Crippen LogP contribution in [0.15, 0.2) is 47.6 Å². The van der Waals surface area contributed by atoms with Crippen LogP contribution in [-0.2, 0) is 20.7 Å². The summed E-state index contributed by atoms with van der Waals surface area (Å²) >= 11 is 0. The van der Waals surface area contributed by atoms with E-state index in [-0.39, 0.29) is 29.5 Å². The van der Waals surface area contributed by atoms with Gasteiger partial charge in [-0.15, -0.1) is 0 Å². The van der Waals surface area contributed by atoms with Crippen LogP contribution in [0.25, 0.3) is 0 Å². The SMILES string of the molecule is CC(C[C@H](Cc1ccc(O)cc1)NC(=O)OC(C)(C)C)C(=O)NNC(=O)OCCSSc1ncccc1[N+](=O)[O-]. The molecule has 0 bridgehead atoms. The van der Waals surface area contributed by atoms with Crippen molar-refractivity contribution in [3.05, 3.63) is 58.3 Å². The Labute approximate surface area is 239 Å². The number of nitro groups is 1. The average Bonchev–Trinajstić information content (AvgIpc) is 2.87. The monoisotopic (exact) mass is 595 g/mol. The number of benzene rings is 1. The molecule has 2 rings (SSSR count). The van der Waals surface area contributed by atoms with Crippen LogP contribution in [0.5, 0.6) is 5.75 Å². The smallest absolute Gasteiger partial charge is 0.426 e. The van der Waals surface area contributed by atoms with E-state index in [1.165, 1.54) is 41.3 Å². The Balaban J connectivity index is 1.79. The van der Waals surface area contributed by atoms with Gasteiger partial charge in [0, 0.05) is 30.0 Å². The second-order valence-electron chi connectivity index (χ2n) is 9.59. The molecule has 1 aromatic carbocycles. The van der Waals surface area contributed by atoms with Crippen molar-refractivity contribution in [2.75, 3.05) is 12.4 Å². The third-order valence-electron chi connectivity index (χ3n) is 5.00. The summed E-state index contributed by atoms with van der Waals surface area (Å²) < 4.78 is 10.4. The molecule has 0 fully saturated rings. The van der Waals surface area contributed by atoms with Crippen molar-refractivity contribution in [1.82, 2.24) is 21.2 Å². The fraction of sp³-hybridized carbons (Fsp3) is 0.440. The lowest BCUT2D eigenvalue weighted by molar-refractivity contribution is -0.388. The standard InChI is InChI=1S/C25H33N5O8S2/c1-16(14-18(27-23(33)38-25(2,3)4)15-17-7-9-19(31)10-8-17)21(32)28-29-24(34)37-12-13-39-40-22-20(30(35)36)6-5-11-26-22/h5-11,16,18,31H,12-15H2,1-4H3,(H,27,33)(H,28,32)(H,29,34)/t16?,18-/m1/s1. The second kappa shape index (κ2) is 15.8. The Morgan fingerprint density at radius 2 is 1.82 bits per heavy atom. The predicted octanol–water partition coefficient (Wildman–Crippen LogP) is 4.36. The van der Waals surface area contributed by atoms with Gasteiger partial charge in [-0.2, -0.15) is 0 Å². The number of ether oxygens (including phenoxy) is 2. The molecule has 3 amide bonds. The maximum atomic E-state index is 12.6. The normalized spacial score (nSPS) is 12.5. The van der Waals surface area contributed by atoms with E-state index in [1.54, 1.807) is 39.8 Å². The molecular formula is C25H33N5O8S2. The molecule has 0 aliphatic carbocycles. The number of rotatable bonds is 12. The summed E-state index contributed by atoms with van der Waals surface area (Å²) in [6, 6.07) is 8.86. The van der Waals surface area contributed by atoms with Crippen LogP contribution in [0.4, 0.5) is 15.3 Å². The maximum absolute atomic E-state index is 12.6.